The Kier molecular flexibility index (Phi) is 5.52. The number of hydrogen-bond donors (Lipinski definition) is 0. The second-order valence-electron chi connectivity index (χ2n) is 7.46. The normalized spacial score (nSPS) is 11.9. The monoisotopic (exact) mass is 482 g/mol. The van der Waals surface area contributed by atoms with Crippen LogP contribution in [0.5, 0.6) is 5.75 Å². The lowest BCUT2D eigenvalue weighted by Crippen LogP contribution is -2.21. The van der Waals surface area contributed by atoms with Crippen molar-refractivity contribution in [3.63, 3.8) is 0 Å². The zero-order chi connectivity index (χ0) is 23.9. The number of ether oxygens (including phenoxy) is 1. The lowest BCUT2D eigenvalue weighted by atomic mass is 10.1. The molecule has 6 nitrogen and oxygen atoms in total. The second kappa shape index (κ2) is 8.53. The molecule has 0 saturated carbocycles. The van der Waals surface area contributed by atoms with Gasteiger partial charge in [-0.25, -0.2) is 4.57 Å². The van der Waals surface area contributed by atoms with E-state index in [-0.39, 0.29) is 5.56 Å². The van der Waals surface area contributed by atoms with Crippen molar-refractivity contribution in [3.8, 4) is 11.4 Å². The van der Waals surface area contributed by atoms with Gasteiger partial charge in [-0.05, 0) is 42.0 Å². The molecule has 0 fully saturated rings. The molecule has 0 atom stereocenters. The summed E-state index contributed by atoms with van der Waals surface area (Å²) < 4.78 is 47.1. The van der Waals surface area contributed by atoms with Crippen molar-refractivity contribution >= 4 is 28.4 Å². The molecule has 0 spiro atoms. The maximum atomic E-state index is 13.4. The molecule has 3 aromatic carbocycles. The van der Waals surface area contributed by atoms with Crippen LogP contribution in [0.15, 0.2) is 82.7 Å². The number of fused-ring (bicyclic) bond motifs is 3. The van der Waals surface area contributed by atoms with E-state index in [9.17, 15) is 18.0 Å². The van der Waals surface area contributed by atoms with Crippen molar-refractivity contribution in [3.05, 3.63) is 94.3 Å². The number of thioether (sulfide) groups is 1. The Labute approximate surface area is 195 Å². The van der Waals surface area contributed by atoms with Gasteiger partial charge in [0.1, 0.15) is 5.75 Å². The summed E-state index contributed by atoms with van der Waals surface area (Å²) in [5, 5.41) is 9.57. The lowest BCUT2D eigenvalue weighted by molar-refractivity contribution is -0.137. The minimum Gasteiger partial charge on any atom is -0.497 e. The van der Waals surface area contributed by atoms with Crippen LogP contribution in [-0.2, 0) is 11.9 Å². The highest BCUT2D eigenvalue weighted by molar-refractivity contribution is 7.98. The van der Waals surface area contributed by atoms with Crippen LogP contribution in [0.4, 0.5) is 13.2 Å². The van der Waals surface area contributed by atoms with Crippen LogP contribution in [0.1, 0.15) is 11.1 Å². The maximum absolute atomic E-state index is 13.4. The molecule has 34 heavy (non-hydrogen) atoms. The van der Waals surface area contributed by atoms with E-state index in [2.05, 4.69) is 10.2 Å². The maximum Gasteiger partial charge on any atom is 0.416 e. The third-order valence-electron chi connectivity index (χ3n) is 5.36. The average Bonchev–Trinajstić information content (AvgIpc) is 3.26. The zero-order valence-corrected chi connectivity index (χ0v) is 18.6. The molecule has 0 aliphatic rings. The van der Waals surface area contributed by atoms with Crippen LogP contribution < -0.4 is 10.3 Å². The van der Waals surface area contributed by atoms with Crippen molar-refractivity contribution in [2.75, 3.05) is 7.11 Å². The number of nitrogens with zero attached hydrogens (tertiary/aromatic N) is 4. The molecule has 0 saturated heterocycles. The molecular formula is C24H17F3N4O2S. The van der Waals surface area contributed by atoms with Crippen molar-refractivity contribution < 1.29 is 17.9 Å². The molecule has 5 rings (SSSR count). The molecule has 172 valence electrons. The number of hydrogen-bond acceptors (Lipinski definition) is 5. The van der Waals surface area contributed by atoms with Crippen LogP contribution >= 0.6 is 11.8 Å². The third kappa shape index (κ3) is 3.90. The Morgan fingerprint density at radius 3 is 2.47 bits per heavy atom. The highest BCUT2D eigenvalue weighted by Crippen LogP contribution is 2.31. The summed E-state index contributed by atoms with van der Waals surface area (Å²) in [4.78, 5) is 13.4. The summed E-state index contributed by atoms with van der Waals surface area (Å²) in [5.41, 5.74) is 0.985. The third-order valence-corrected chi connectivity index (χ3v) is 6.36. The van der Waals surface area contributed by atoms with Crippen molar-refractivity contribution in [1.29, 1.82) is 0 Å². The highest BCUT2D eigenvalue weighted by atomic mass is 32.2. The van der Waals surface area contributed by atoms with Crippen molar-refractivity contribution in [2.45, 2.75) is 17.1 Å². The first-order chi connectivity index (χ1) is 16.4. The smallest absolute Gasteiger partial charge is 0.416 e. The van der Waals surface area contributed by atoms with E-state index in [1.165, 1.54) is 28.5 Å². The minimum atomic E-state index is -4.38. The molecule has 2 aromatic heterocycles. The summed E-state index contributed by atoms with van der Waals surface area (Å²) in [5.74, 6) is 1.30. The van der Waals surface area contributed by atoms with Crippen LogP contribution in [0, 0.1) is 0 Å². The number of benzene rings is 3. The van der Waals surface area contributed by atoms with Gasteiger partial charge in [-0.2, -0.15) is 13.2 Å². The molecule has 0 N–H and O–H groups in total. The Hall–Kier alpha value is -3.79. The van der Waals surface area contributed by atoms with E-state index < -0.39 is 11.7 Å². The van der Waals surface area contributed by atoms with Gasteiger partial charge in [0.2, 0.25) is 5.78 Å². The van der Waals surface area contributed by atoms with Gasteiger partial charge in [-0.15, -0.1) is 10.2 Å². The molecule has 0 aliphatic heterocycles. The molecule has 10 heteroatoms. The average molecular weight is 482 g/mol. The van der Waals surface area contributed by atoms with E-state index in [0.29, 0.717) is 44.6 Å². The predicted octanol–water partition coefficient (Wildman–Crippen LogP) is 5.35. The fourth-order valence-electron chi connectivity index (χ4n) is 3.69. The van der Waals surface area contributed by atoms with Gasteiger partial charge in [0.25, 0.3) is 5.56 Å². The Morgan fingerprint density at radius 1 is 0.971 bits per heavy atom. The van der Waals surface area contributed by atoms with Crippen LogP contribution in [0.25, 0.3) is 22.4 Å². The number of rotatable bonds is 5. The summed E-state index contributed by atoms with van der Waals surface area (Å²) in [6.07, 6.45) is -4.38. The first-order valence-corrected chi connectivity index (χ1v) is 11.2. The Bertz CT molecular complexity index is 1560. The molecular weight excluding hydrogens is 465 g/mol. The van der Waals surface area contributed by atoms with E-state index >= 15 is 0 Å². The quantitative estimate of drug-likeness (QED) is 0.316. The molecule has 5 aromatic rings. The van der Waals surface area contributed by atoms with Crippen molar-refractivity contribution in [2.24, 2.45) is 0 Å². The Morgan fingerprint density at radius 2 is 1.74 bits per heavy atom. The SMILES string of the molecule is COc1cccc(-n2c(=O)c3ccccc3n3c(SCc4ccc(C(F)(F)F)cc4)nnc23)c1. The highest BCUT2D eigenvalue weighted by Gasteiger charge is 2.30. The first-order valence-electron chi connectivity index (χ1n) is 10.2. The fraction of sp³-hybridized carbons (Fsp3) is 0.125. The van der Waals surface area contributed by atoms with E-state index in [4.69, 9.17) is 4.74 Å². The van der Waals surface area contributed by atoms with Gasteiger partial charge in [-0.3, -0.25) is 9.20 Å². The molecule has 0 unspecified atom stereocenters. The van der Waals surface area contributed by atoms with Gasteiger partial charge < -0.3 is 4.74 Å². The number of para-hydroxylation sites is 1. The molecule has 0 radical (unpaired) electrons. The fourth-order valence-corrected chi connectivity index (χ4v) is 4.59. The van der Waals surface area contributed by atoms with Crippen LogP contribution in [0.2, 0.25) is 0 Å². The molecule has 0 aliphatic carbocycles. The molecule has 2 heterocycles. The second-order valence-corrected chi connectivity index (χ2v) is 8.40. The largest absolute Gasteiger partial charge is 0.497 e. The van der Waals surface area contributed by atoms with E-state index in [0.717, 1.165) is 12.1 Å². The summed E-state index contributed by atoms with van der Waals surface area (Å²) in [6.45, 7) is 0. The van der Waals surface area contributed by atoms with Gasteiger partial charge in [0.15, 0.2) is 5.16 Å². The standard InChI is InChI=1S/C24H17F3N4O2S/c1-33-18-6-4-5-17(13-18)30-21(32)19-7-2-3-8-20(19)31-22(30)28-29-23(31)34-14-15-9-11-16(12-10-15)24(25,26)27/h2-13H,14H2,1H3. The van der Waals surface area contributed by atoms with Crippen LogP contribution in [0.3, 0.4) is 0 Å². The van der Waals surface area contributed by atoms with Gasteiger partial charge in [-0.1, -0.05) is 42.1 Å². The van der Waals surface area contributed by atoms with E-state index in [1.54, 1.807) is 47.9 Å². The number of methoxy groups -OCH3 is 1. The van der Waals surface area contributed by atoms with Gasteiger partial charge >= 0.3 is 6.18 Å². The van der Waals surface area contributed by atoms with Crippen molar-refractivity contribution in [1.82, 2.24) is 19.2 Å². The van der Waals surface area contributed by atoms with E-state index in [1.807, 2.05) is 12.1 Å². The van der Waals surface area contributed by atoms with Crippen LogP contribution in [-0.4, -0.2) is 26.3 Å². The summed E-state index contributed by atoms with van der Waals surface area (Å²) >= 11 is 1.32. The summed E-state index contributed by atoms with van der Waals surface area (Å²) in [7, 11) is 1.55. The zero-order valence-electron chi connectivity index (χ0n) is 17.8. The number of aromatic nitrogens is 4. The topological polar surface area (TPSA) is 61.4 Å². The van der Waals surface area contributed by atoms with Gasteiger partial charge in [0, 0.05) is 11.8 Å². The lowest BCUT2D eigenvalue weighted by Gasteiger charge is -2.12. The molecule has 0 amide bonds. The minimum absolute atomic E-state index is 0.247. The number of alkyl halides is 3. The summed E-state index contributed by atoms with van der Waals surface area (Å²) in [6, 6.07) is 19.2. The first kappa shape index (κ1) is 22.0. The predicted molar refractivity (Wildman–Crippen MR) is 124 cm³/mol. The Balaban J connectivity index is 1.61. The van der Waals surface area contributed by atoms with Gasteiger partial charge in [0.05, 0.1) is 29.3 Å². The molecule has 0 bridgehead atoms. The number of halogens is 3.